The molecule has 2 nitrogen and oxygen atoms in total. The fraction of sp³-hybridized carbons (Fsp3) is 0.929. The molecule has 0 atom stereocenters. The van der Waals surface area contributed by atoms with Gasteiger partial charge >= 0.3 is 0 Å². The second kappa shape index (κ2) is 3.48. The third kappa shape index (κ3) is 1.57. The highest BCUT2D eigenvalue weighted by Crippen LogP contribution is 2.56. The van der Waals surface area contributed by atoms with Crippen LogP contribution in [0.3, 0.4) is 0 Å². The quantitative estimate of drug-likeness (QED) is 0.304. The van der Waals surface area contributed by atoms with Crippen molar-refractivity contribution in [3.8, 4) is 0 Å². The van der Waals surface area contributed by atoms with E-state index in [9.17, 15) is 5.21 Å². The van der Waals surface area contributed by atoms with Crippen LogP contribution in [-0.2, 0) is 0 Å². The Morgan fingerprint density at radius 3 is 1.88 bits per heavy atom. The topological polar surface area (TPSA) is 26.1 Å². The van der Waals surface area contributed by atoms with E-state index in [4.69, 9.17) is 0 Å². The molecular weight excluding hydrogens is 198 g/mol. The van der Waals surface area contributed by atoms with Gasteiger partial charge in [0.25, 0.3) is 0 Å². The Labute approximate surface area is 98.3 Å². The van der Waals surface area contributed by atoms with E-state index in [-0.39, 0.29) is 5.54 Å². The Balaban J connectivity index is 1.88. The fourth-order valence-corrected chi connectivity index (χ4v) is 4.76. The summed E-state index contributed by atoms with van der Waals surface area (Å²) >= 11 is 0. The molecule has 0 radical (unpaired) electrons. The minimum atomic E-state index is 0.0129. The summed E-state index contributed by atoms with van der Waals surface area (Å²) in [4.78, 5) is 0. The van der Waals surface area contributed by atoms with Gasteiger partial charge in [0.15, 0.2) is 11.8 Å². The van der Waals surface area contributed by atoms with Crippen molar-refractivity contribution >= 4 is 6.21 Å². The normalized spacial score (nSPS) is 46.7. The molecular formula is C14H23NO. The second-order valence-corrected chi connectivity index (χ2v) is 6.86. The third-order valence-electron chi connectivity index (χ3n) is 4.91. The van der Waals surface area contributed by atoms with Crippen LogP contribution < -0.4 is 0 Å². The molecule has 0 N–H and O–H groups in total. The van der Waals surface area contributed by atoms with Crippen LogP contribution in [0.15, 0.2) is 0 Å². The van der Waals surface area contributed by atoms with Crippen LogP contribution in [0.5, 0.6) is 0 Å². The molecule has 0 spiro atoms. The molecule has 2 heteroatoms. The first kappa shape index (κ1) is 10.6. The summed E-state index contributed by atoms with van der Waals surface area (Å²) in [5, 5.41) is 12.4. The van der Waals surface area contributed by atoms with Gasteiger partial charge in [0.2, 0.25) is 0 Å². The Bertz CT molecular complexity index is 283. The van der Waals surface area contributed by atoms with Gasteiger partial charge in [0, 0.05) is 25.2 Å². The molecule has 90 valence electrons. The maximum absolute atomic E-state index is 12.4. The summed E-state index contributed by atoms with van der Waals surface area (Å²) in [6, 6.07) is 0. The SMILES string of the molecule is CC(C)/C=[N+](\[O-])C12CC3CC(CC(C3)C1)C2. The van der Waals surface area contributed by atoms with Crippen molar-refractivity contribution < 1.29 is 4.74 Å². The predicted molar refractivity (Wildman–Crippen MR) is 65.4 cm³/mol. The van der Waals surface area contributed by atoms with Crippen LogP contribution in [0, 0.1) is 28.9 Å². The van der Waals surface area contributed by atoms with Gasteiger partial charge in [-0.25, -0.2) is 4.74 Å². The maximum Gasteiger partial charge on any atom is 0.173 e. The monoisotopic (exact) mass is 221 g/mol. The standard InChI is InChI=1S/C14H23NO/c1-10(2)9-15(16)14-6-11-3-12(7-14)5-13(4-11)8-14/h9-13H,3-8H2,1-2H3/b15-9-. The zero-order valence-electron chi connectivity index (χ0n) is 10.5. The molecule has 0 amide bonds. The Morgan fingerprint density at radius 2 is 1.50 bits per heavy atom. The largest absolute Gasteiger partial charge is 0.624 e. The van der Waals surface area contributed by atoms with Crippen molar-refractivity contribution in [3.63, 3.8) is 0 Å². The van der Waals surface area contributed by atoms with Gasteiger partial charge in [0.05, 0.1) is 0 Å². The molecule has 0 saturated heterocycles. The van der Waals surface area contributed by atoms with Crippen LogP contribution in [-0.4, -0.2) is 16.5 Å². The van der Waals surface area contributed by atoms with Gasteiger partial charge in [0.1, 0.15) is 0 Å². The van der Waals surface area contributed by atoms with Gasteiger partial charge in [-0.3, -0.25) is 0 Å². The number of nitrogens with zero attached hydrogens (tertiary/aromatic N) is 1. The molecule has 4 saturated carbocycles. The molecule has 0 aromatic heterocycles. The van der Waals surface area contributed by atoms with Gasteiger partial charge in [-0.2, -0.15) is 0 Å². The van der Waals surface area contributed by atoms with Gasteiger partial charge < -0.3 is 5.21 Å². The minimum Gasteiger partial charge on any atom is -0.624 e. The van der Waals surface area contributed by atoms with Gasteiger partial charge in [-0.1, -0.05) is 13.8 Å². The zero-order chi connectivity index (χ0) is 11.3. The van der Waals surface area contributed by atoms with Crippen molar-refractivity contribution in [1.82, 2.24) is 0 Å². The Hall–Kier alpha value is -0.530. The highest BCUT2D eigenvalue weighted by atomic mass is 16.5. The lowest BCUT2D eigenvalue weighted by Gasteiger charge is -2.54. The maximum atomic E-state index is 12.4. The predicted octanol–water partition coefficient (Wildman–Crippen LogP) is 3.19. The van der Waals surface area contributed by atoms with Crippen LogP contribution in [0.1, 0.15) is 52.4 Å². The van der Waals surface area contributed by atoms with Crippen molar-refractivity contribution in [3.05, 3.63) is 5.21 Å². The highest BCUT2D eigenvalue weighted by molar-refractivity contribution is 5.54. The summed E-state index contributed by atoms with van der Waals surface area (Å²) in [7, 11) is 0. The first-order chi connectivity index (χ1) is 7.57. The molecule has 4 aliphatic carbocycles. The minimum absolute atomic E-state index is 0.0129. The van der Waals surface area contributed by atoms with E-state index in [0.717, 1.165) is 17.8 Å². The van der Waals surface area contributed by atoms with Gasteiger partial charge in [-0.15, -0.1) is 0 Å². The van der Waals surface area contributed by atoms with Crippen LogP contribution >= 0.6 is 0 Å². The van der Waals surface area contributed by atoms with E-state index in [2.05, 4.69) is 13.8 Å². The van der Waals surface area contributed by atoms with Crippen LogP contribution in [0.25, 0.3) is 0 Å². The lowest BCUT2D eigenvalue weighted by molar-refractivity contribution is -0.568. The van der Waals surface area contributed by atoms with E-state index < -0.39 is 0 Å². The number of hydrogen-bond donors (Lipinski definition) is 0. The highest BCUT2D eigenvalue weighted by Gasteiger charge is 2.56. The summed E-state index contributed by atoms with van der Waals surface area (Å²) in [5.74, 6) is 2.97. The van der Waals surface area contributed by atoms with Crippen LogP contribution in [0.2, 0.25) is 0 Å². The molecule has 0 heterocycles. The third-order valence-corrected chi connectivity index (χ3v) is 4.91. The van der Waals surface area contributed by atoms with E-state index in [1.807, 2.05) is 6.21 Å². The van der Waals surface area contributed by atoms with E-state index in [1.165, 1.54) is 43.3 Å². The lowest BCUT2D eigenvalue weighted by Crippen LogP contribution is -2.55. The summed E-state index contributed by atoms with van der Waals surface area (Å²) < 4.78 is 1.36. The summed E-state index contributed by atoms with van der Waals surface area (Å²) in [6.45, 7) is 4.21. The number of rotatable bonds is 2. The van der Waals surface area contributed by atoms with E-state index >= 15 is 0 Å². The van der Waals surface area contributed by atoms with Gasteiger partial charge in [-0.05, 0) is 37.0 Å². The van der Waals surface area contributed by atoms with Crippen molar-refractivity contribution in [1.29, 1.82) is 0 Å². The summed E-state index contributed by atoms with van der Waals surface area (Å²) in [5.41, 5.74) is 0.0129. The first-order valence-electron chi connectivity index (χ1n) is 6.89. The first-order valence-corrected chi connectivity index (χ1v) is 6.89. The lowest BCUT2D eigenvalue weighted by atomic mass is 9.53. The molecule has 4 bridgehead atoms. The van der Waals surface area contributed by atoms with E-state index in [0.29, 0.717) is 5.92 Å². The average molecular weight is 221 g/mol. The molecule has 4 aliphatic rings. The number of hydrogen-bond acceptors (Lipinski definition) is 1. The fourth-order valence-electron chi connectivity index (χ4n) is 4.76. The van der Waals surface area contributed by atoms with E-state index in [1.54, 1.807) is 0 Å². The molecule has 0 aromatic rings. The van der Waals surface area contributed by atoms with Crippen molar-refractivity contribution in [2.24, 2.45) is 23.7 Å². The average Bonchev–Trinajstić information content (AvgIpc) is 2.13. The van der Waals surface area contributed by atoms with Crippen molar-refractivity contribution in [2.75, 3.05) is 0 Å². The molecule has 0 aliphatic heterocycles. The second-order valence-electron chi connectivity index (χ2n) is 6.86. The zero-order valence-corrected chi connectivity index (χ0v) is 10.5. The molecule has 0 unspecified atom stereocenters. The molecule has 0 aromatic carbocycles. The summed E-state index contributed by atoms with van der Waals surface area (Å²) in [6.07, 6.45) is 9.66. The number of hydroxylamine groups is 1. The molecule has 16 heavy (non-hydrogen) atoms. The molecule has 4 fully saturated rings. The van der Waals surface area contributed by atoms with Crippen molar-refractivity contribution in [2.45, 2.75) is 57.9 Å². The Morgan fingerprint density at radius 1 is 1.06 bits per heavy atom. The smallest absolute Gasteiger partial charge is 0.173 e. The Kier molecular flexibility index (Phi) is 2.31. The molecule has 4 rings (SSSR count). The van der Waals surface area contributed by atoms with Crippen LogP contribution in [0.4, 0.5) is 0 Å².